The Labute approximate surface area is 102 Å². The summed E-state index contributed by atoms with van der Waals surface area (Å²) in [6.45, 7) is 9.96. The van der Waals surface area contributed by atoms with Gasteiger partial charge < -0.3 is 10.4 Å². The summed E-state index contributed by atoms with van der Waals surface area (Å²) in [5, 5.41) is 15.7. The van der Waals surface area contributed by atoms with Crippen molar-refractivity contribution < 1.29 is 5.11 Å². The lowest BCUT2D eigenvalue weighted by Gasteiger charge is -2.13. The minimum atomic E-state index is -0.229. The molecule has 3 nitrogen and oxygen atoms in total. The van der Waals surface area contributed by atoms with E-state index in [9.17, 15) is 0 Å². The standard InChI is InChI=1S/C12H22N2OS/c1-9(15)5-6-13-7-10-8-16-11(14-10)12(2,3)4/h8-9,13,15H,5-7H2,1-4H3. The molecule has 1 aromatic rings. The Kier molecular flexibility index (Phi) is 4.89. The van der Waals surface area contributed by atoms with Crippen molar-refractivity contribution in [2.45, 2.75) is 52.2 Å². The van der Waals surface area contributed by atoms with Crippen LogP contribution in [0.1, 0.15) is 44.8 Å². The Hall–Kier alpha value is -0.450. The first-order valence-corrected chi connectivity index (χ1v) is 6.61. The van der Waals surface area contributed by atoms with Crippen molar-refractivity contribution in [2.75, 3.05) is 6.54 Å². The van der Waals surface area contributed by atoms with Gasteiger partial charge in [0.25, 0.3) is 0 Å². The second-order valence-electron chi connectivity index (χ2n) is 5.21. The lowest BCUT2D eigenvalue weighted by atomic mass is 9.98. The van der Waals surface area contributed by atoms with Crippen LogP contribution in [0.15, 0.2) is 5.38 Å². The van der Waals surface area contributed by atoms with Gasteiger partial charge in [-0.1, -0.05) is 20.8 Å². The summed E-state index contributed by atoms with van der Waals surface area (Å²) in [7, 11) is 0. The van der Waals surface area contributed by atoms with Gasteiger partial charge in [-0.25, -0.2) is 4.98 Å². The van der Waals surface area contributed by atoms with E-state index >= 15 is 0 Å². The van der Waals surface area contributed by atoms with Gasteiger partial charge in [0.05, 0.1) is 16.8 Å². The predicted octanol–water partition coefficient (Wildman–Crippen LogP) is 2.30. The van der Waals surface area contributed by atoms with Crippen LogP contribution in [0.5, 0.6) is 0 Å². The molecule has 0 radical (unpaired) electrons. The predicted molar refractivity (Wildman–Crippen MR) is 68.8 cm³/mol. The average molecular weight is 242 g/mol. The third-order valence-corrected chi connectivity index (χ3v) is 3.56. The molecule has 1 unspecified atom stereocenters. The van der Waals surface area contributed by atoms with Gasteiger partial charge in [0.1, 0.15) is 0 Å². The molecular weight excluding hydrogens is 220 g/mol. The summed E-state index contributed by atoms with van der Waals surface area (Å²) in [5.41, 5.74) is 1.24. The van der Waals surface area contributed by atoms with Gasteiger partial charge in [-0.3, -0.25) is 0 Å². The van der Waals surface area contributed by atoms with E-state index in [1.165, 1.54) is 5.01 Å². The number of hydrogen-bond donors (Lipinski definition) is 2. The van der Waals surface area contributed by atoms with Gasteiger partial charge in [0.2, 0.25) is 0 Å². The summed E-state index contributed by atoms with van der Waals surface area (Å²) in [6.07, 6.45) is 0.559. The van der Waals surface area contributed by atoms with Crippen molar-refractivity contribution in [2.24, 2.45) is 0 Å². The number of nitrogens with one attached hydrogen (secondary N) is 1. The van der Waals surface area contributed by atoms with Crippen LogP contribution < -0.4 is 5.32 Å². The molecule has 0 aliphatic heterocycles. The average Bonchev–Trinajstić information content (AvgIpc) is 2.59. The molecular formula is C12H22N2OS. The Bertz CT molecular complexity index is 315. The molecule has 0 saturated carbocycles. The van der Waals surface area contributed by atoms with Gasteiger partial charge in [-0.05, 0) is 19.9 Å². The Morgan fingerprint density at radius 3 is 2.69 bits per heavy atom. The Morgan fingerprint density at radius 1 is 1.50 bits per heavy atom. The second kappa shape index (κ2) is 5.75. The second-order valence-corrected chi connectivity index (χ2v) is 6.07. The van der Waals surface area contributed by atoms with Crippen LogP contribution in [0.2, 0.25) is 0 Å². The fourth-order valence-corrected chi connectivity index (χ4v) is 2.17. The first-order valence-electron chi connectivity index (χ1n) is 5.73. The summed E-state index contributed by atoms with van der Waals surface area (Å²) in [6, 6.07) is 0. The van der Waals surface area contributed by atoms with E-state index in [-0.39, 0.29) is 11.5 Å². The molecule has 0 spiro atoms. The topological polar surface area (TPSA) is 45.1 Å². The number of aliphatic hydroxyl groups excluding tert-OH is 1. The van der Waals surface area contributed by atoms with Crippen LogP contribution in [0.3, 0.4) is 0 Å². The first-order chi connectivity index (χ1) is 7.39. The number of hydrogen-bond acceptors (Lipinski definition) is 4. The lowest BCUT2D eigenvalue weighted by Crippen LogP contribution is -2.19. The molecule has 16 heavy (non-hydrogen) atoms. The maximum Gasteiger partial charge on any atom is 0.0982 e. The highest BCUT2D eigenvalue weighted by molar-refractivity contribution is 7.09. The molecule has 0 aliphatic rings. The maximum atomic E-state index is 9.11. The van der Waals surface area contributed by atoms with Crippen molar-refractivity contribution >= 4 is 11.3 Å². The summed E-state index contributed by atoms with van der Waals surface area (Å²) < 4.78 is 0. The van der Waals surface area contributed by atoms with E-state index in [1.807, 2.05) is 6.92 Å². The van der Waals surface area contributed by atoms with Crippen LogP contribution in [0, 0.1) is 0 Å². The maximum absolute atomic E-state index is 9.11. The zero-order valence-electron chi connectivity index (χ0n) is 10.6. The molecule has 0 bridgehead atoms. The minimum absolute atomic E-state index is 0.141. The van der Waals surface area contributed by atoms with Crippen LogP contribution >= 0.6 is 11.3 Å². The third kappa shape index (κ3) is 4.60. The van der Waals surface area contributed by atoms with E-state index in [2.05, 4.69) is 36.5 Å². The van der Waals surface area contributed by atoms with Crippen LogP contribution in [0.4, 0.5) is 0 Å². The SMILES string of the molecule is CC(O)CCNCc1csc(C(C)(C)C)n1. The molecule has 1 aromatic heterocycles. The van der Waals surface area contributed by atoms with Crippen LogP contribution in [-0.2, 0) is 12.0 Å². The summed E-state index contributed by atoms with van der Waals surface area (Å²) in [4.78, 5) is 4.59. The number of thiazole rings is 1. The number of nitrogens with zero attached hydrogens (tertiary/aromatic N) is 1. The summed E-state index contributed by atoms with van der Waals surface area (Å²) >= 11 is 1.72. The lowest BCUT2D eigenvalue weighted by molar-refractivity contribution is 0.183. The van der Waals surface area contributed by atoms with Crippen molar-refractivity contribution in [3.05, 3.63) is 16.1 Å². The molecule has 92 valence electrons. The van der Waals surface area contributed by atoms with Crippen LogP contribution in [-0.4, -0.2) is 22.7 Å². The fraction of sp³-hybridized carbons (Fsp3) is 0.750. The van der Waals surface area contributed by atoms with Gasteiger partial charge in [0, 0.05) is 17.3 Å². The normalized spacial score (nSPS) is 14.1. The molecule has 4 heteroatoms. The molecule has 2 N–H and O–H groups in total. The quantitative estimate of drug-likeness (QED) is 0.779. The first kappa shape index (κ1) is 13.6. The largest absolute Gasteiger partial charge is 0.393 e. The molecule has 0 aliphatic carbocycles. The Morgan fingerprint density at radius 2 is 2.19 bits per heavy atom. The van der Waals surface area contributed by atoms with E-state index in [1.54, 1.807) is 11.3 Å². The highest BCUT2D eigenvalue weighted by Crippen LogP contribution is 2.25. The molecule has 0 saturated heterocycles. The summed E-state index contributed by atoms with van der Waals surface area (Å²) in [5.74, 6) is 0. The smallest absolute Gasteiger partial charge is 0.0982 e. The monoisotopic (exact) mass is 242 g/mol. The fourth-order valence-electron chi connectivity index (χ4n) is 1.26. The van der Waals surface area contributed by atoms with Crippen LogP contribution in [0.25, 0.3) is 0 Å². The molecule has 1 rings (SSSR count). The molecule has 0 fully saturated rings. The van der Waals surface area contributed by atoms with E-state index in [4.69, 9.17) is 5.11 Å². The van der Waals surface area contributed by atoms with Gasteiger partial charge in [-0.2, -0.15) is 0 Å². The van der Waals surface area contributed by atoms with E-state index in [0.29, 0.717) is 0 Å². The zero-order chi connectivity index (χ0) is 12.2. The van der Waals surface area contributed by atoms with Gasteiger partial charge in [0.15, 0.2) is 0 Å². The van der Waals surface area contributed by atoms with Gasteiger partial charge in [-0.15, -0.1) is 11.3 Å². The highest BCUT2D eigenvalue weighted by Gasteiger charge is 2.17. The molecule has 0 amide bonds. The minimum Gasteiger partial charge on any atom is -0.393 e. The van der Waals surface area contributed by atoms with E-state index < -0.39 is 0 Å². The molecule has 1 atom stereocenters. The number of aromatic nitrogens is 1. The Balaban J connectivity index is 2.36. The van der Waals surface area contributed by atoms with Crippen molar-refractivity contribution in [3.8, 4) is 0 Å². The number of aliphatic hydroxyl groups is 1. The van der Waals surface area contributed by atoms with Crippen molar-refractivity contribution in [1.82, 2.24) is 10.3 Å². The van der Waals surface area contributed by atoms with Gasteiger partial charge >= 0.3 is 0 Å². The molecule has 1 heterocycles. The highest BCUT2D eigenvalue weighted by atomic mass is 32.1. The number of rotatable bonds is 5. The molecule has 0 aromatic carbocycles. The zero-order valence-corrected chi connectivity index (χ0v) is 11.4. The third-order valence-electron chi connectivity index (χ3n) is 2.24. The van der Waals surface area contributed by atoms with Crippen molar-refractivity contribution in [3.63, 3.8) is 0 Å². The van der Waals surface area contributed by atoms with Crippen molar-refractivity contribution in [1.29, 1.82) is 0 Å². The van der Waals surface area contributed by atoms with E-state index in [0.717, 1.165) is 25.2 Å².